The Balaban J connectivity index is 4.02. The minimum Gasteiger partial charge on any atom is -0.469 e. The second-order valence-corrected chi connectivity index (χ2v) is 2.43. The number of esters is 1. The zero-order valence-electron chi connectivity index (χ0n) is 7.96. The standard InChI is InChI=1S/C10H16O2/c1-4-6-7-9(5-2)8-10(11)12-3/h5-7H,4,8H2,1-3H3. The molecule has 0 unspecified atom stereocenters. The van der Waals surface area contributed by atoms with Crippen LogP contribution in [-0.2, 0) is 9.53 Å². The molecule has 0 aliphatic carbocycles. The lowest BCUT2D eigenvalue weighted by atomic mass is 10.1. The minimum atomic E-state index is -0.191. The molecule has 0 aliphatic rings. The summed E-state index contributed by atoms with van der Waals surface area (Å²) in [5, 5.41) is 0. The van der Waals surface area contributed by atoms with Crippen LogP contribution in [-0.4, -0.2) is 13.1 Å². The van der Waals surface area contributed by atoms with Gasteiger partial charge in [-0.2, -0.15) is 0 Å². The van der Waals surface area contributed by atoms with Crippen LogP contribution in [0.5, 0.6) is 0 Å². The van der Waals surface area contributed by atoms with E-state index in [1.54, 1.807) is 0 Å². The molecule has 0 aliphatic heterocycles. The fourth-order valence-electron chi connectivity index (χ4n) is 0.765. The summed E-state index contributed by atoms with van der Waals surface area (Å²) in [6.45, 7) is 3.97. The van der Waals surface area contributed by atoms with E-state index in [9.17, 15) is 4.79 Å². The van der Waals surface area contributed by atoms with Crippen LogP contribution >= 0.6 is 0 Å². The van der Waals surface area contributed by atoms with Gasteiger partial charge in [0.25, 0.3) is 0 Å². The van der Waals surface area contributed by atoms with Gasteiger partial charge in [0, 0.05) is 0 Å². The number of rotatable bonds is 4. The van der Waals surface area contributed by atoms with E-state index in [0.717, 1.165) is 12.0 Å². The summed E-state index contributed by atoms with van der Waals surface area (Å²) in [5.74, 6) is -0.191. The van der Waals surface area contributed by atoms with Crippen LogP contribution in [0.3, 0.4) is 0 Å². The molecule has 0 N–H and O–H groups in total. The summed E-state index contributed by atoms with van der Waals surface area (Å²) in [7, 11) is 1.40. The van der Waals surface area contributed by atoms with Crippen molar-refractivity contribution < 1.29 is 9.53 Å². The molecule has 2 heteroatoms. The van der Waals surface area contributed by atoms with E-state index in [1.165, 1.54) is 7.11 Å². The van der Waals surface area contributed by atoms with E-state index in [0.29, 0.717) is 6.42 Å². The van der Waals surface area contributed by atoms with E-state index in [2.05, 4.69) is 11.7 Å². The molecule has 12 heavy (non-hydrogen) atoms. The maximum Gasteiger partial charge on any atom is 0.309 e. The summed E-state index contributed by atoms with van der Waals surface area (Å²) in [6.07, 6.45) is 7.25. The molecule has 0 atom stereocenters. The Morgan fingerprint density at radius 1 is 1.50 bits per heavy atom. The molecule has 0 aromatic carbocycles. The SMILES string of the molecule is CC=C(C=CCC)CC(=O)OC. The molecule has 2 nitrogen and oxygen atoms in total. The summed E-state index contributed by atoms with van der Waals surface area (Å²) in [5.41, 5.74) is 1.00. The molecule has 0 aromatic heterocycles. The summed E-state index contributed by atoms with van der Waals surface area (Å²) in [6, 6.07) is 0. The van der Waals surface area contributed by atoms with E-state index in [1.807, 2.05) is 25.2 Å². The lowest BCUT2D eigenvalue weighted by Gasteiger charge is -1.98. The first-order chi connectivity index (χ1) is 5.74. The highest BCUT2D eigenvalue weighted by molar-refractivity contribution is 5.73. The molecular weight excluding hydrogens is 152 g/mol. The molecule has 0 fully saturated rings. The van der Waals surface area contributed by atoms with Crippen molar-refractivity contribution in [1.29, 1.82) is 0 Å². The second-order valence-electron chi connectivity index (χ2n) is 2.43. The average molecular weight is 168 g/mol. The highest BCUT2D eigenvalue weighted by Crippen LogP contribution is 2.04. The first-order valence-corrected chi connectivity index (χ1v) is 4.13. The molecule has 0 aromatic rings. The highest BCUT2D eigenvalue weighted by Gasteiger charge is 2.00. The van der Waals surface area contributed by atoms with Gasteiger partial charge in [-0.1, -0.05) is 25.2 Å². The van der Waals surface area contributed by atoms with Gasteiger partial charge in [0.15, 0.2) is 0 Å². The number of ether oxygens (including phenoxy) is 1. The Morgan fingerprint density at radius 3 is 2.58 bits per heavy atom. The van der Waals surface area contributed by atoms with Crippen molar-refractivity contribution >= 4 is 5.97 Å². The Kier molecular flexibility index (Phi) is 6.07. The van der Waals surface area contributed by atoms with Crippen LogP contribution in [0.15, 0.2) is 23.8 Å². The third kappa shape index (κ3) is 4.72. The number of methoxy groups -OCH3 is 1. The van der Waals surface area contributed by atoms with E-state index >= 15 is 0 Å². The van der Waals surface area contributed by atoms with Crippen LogP contribution in [0.4, 0.5) is 0 Å². The molecule has 68 valence electrons. The van der Waals surface area contributed by atoms with Crippen LogP contribution in [0, 0.1) is 0 Å². The number of allylic oxidation sites excluding steroid dienone is 3. The molecule has 0 spiro atoms. The normalized spacial score (nSPS) is 12.1. The fraction of sp³-hybridized carbons (Fsp3) is 0.500. The predicted octanol–water partition coefficient (Wildman–Crippen LogP) is 2.46. The van der Waals surface area contributed by atoms with Gasteiger partial charge in [-0.3, -0.25) is 4.79 Å². The largest absolute Gasteiger partial charge is 0.469 e. The smallest absolute Gasteiger partial charge is 0.309 e. The maximum absolute atomic E-state index is 10.8. The molecule has 0 rings (SSSR count). The second kappa shape index (κ2) is 6.65. The van der Waals surface area contributed by atoms with E-state index < -0.39 is 0 Å². The van der Waals surface area contributed by atoms with E-state index in [4.69, 9.17) is 0 Å². The van der Waals surface area contributed by atoms with Crippen LogP contribution in [0.25, 0.3) is 0 Å². The van der Waals surface area contributed by atoms with Crippen molar-refractivity contribution in [1.82, 2.24) is 0 Å². The zero-order valence-corrected chi connectivity index (χ0v) is 7.96. The maximum atomic E-state index is 10.8. The first kappa shape index (κ1) is 11.0. The lowest BCUT2D eigenvalue weighted by Crippen LogP contribution is -2.00. The first-order valence-electron chi connectivity index (χ1n) is 4.13. The van der Waals surface area contributed by atoms with E-state index in [-0.39, 0.29) is 5.97 Å². The Morgan fingerprint density at radius 2 is 2.17 bits per heavy atom. The minimum absolute atomic E-state index is 0.191. The van der Waals surface area contributed by atoms with Gasteiger partial charge in [-0.15, -0.1) is 0 Å². The topological polar surface area (TPSA) is 26.3 Å². The quantitative estimate of drug-likeness (QED) is 0.476. The molecule has 0 saturated heterocycles. The van der Waals surface area contributed by atoms with Gasteiger partial charge in [-0.25, -0.2) is 0 Å². The fourth-order valence-corrected chi connectivity index (χ4v) is 0.765. The van der Waals surface area contributed by atoms with Crippen molar-refractivity contribution in [3.05, 3.63) is 23.8 Å². The Hall–Kier alpha value is -1.05. The number of hydrogen-bond acceptors (Lipinski definition) is 2. The van der Waals surface area contributed by atoms with Crippen molar-refractivity contribution in [3.63, 3.8) is 0 Å². The number of hydrogen-bond donors (Lipinski definition) is 0. The van der Waals surface area contributed by atoms with Gasteiger partial charge in [0.2, 0.25) is 0 Å². The van der Waals surface area contributed by atoms with Crippen molar-refractivity contribution in [2.75, 3.05) is 7.11 Å². The Labute approximate surface area is 73.9 Å². The molecule has 0 saturated carbocycles. The average Bonchev–Trinajstić information content (AvgIpc) is 2.11. The van der Waals surface area contributed by atoms with Crippen LogP contribution in [0.1, 0.15) is 26.7 Å². The number of carbonyl (C=O) groups is 1. The van der Waals surface area contributed by atoms with Crippen molar-refractivity contribution in [3.8, 4) is 0 Å². The molecule has 0 radical (unpaired) electrons. The molecule has 0 heterocycles. The summed E-state index contributed by atoms with van der Waals surface area (Å²) < 4.78 is 4.55. The van der Waals surface area contributed by atoms with Crippen molar-refractivity contribution in [2.45, 2.75) is 26.7 Å². The van der Waals surface area contributed by atoms with Gasteiger partial charge in [-0.05, 0) is 18.9 Å². The van der Waals surface area contributed by atoms with Crippen LogP contribution in [0.2, 0.25) is 0 Å². The van der Waals surface area contributed by atoms with Gasteiger partial charge in [0.1, 0.15) is 0 Å². The number of carbonyl (C=O) groups excluding carboxylic acids is 1. The highest BCUT2D eigenvalue weighted by atomic mass is 16.5. The monoisotopic (exact) mass is 168 g/mol. The summed E-state index contributed by atoms with van der Waals surface area (Å²) in [4.78, 5) is 10.8. The predicted molar refractivity (Wildman–Crippen MR) is 49.8 cm³/mol. The lowest BCUT2D eigenvalue weighted by molar-refractivity contribution is -0.139. The molecule has 0 bridgehead atoms. The van der Waals surface area contributed by atoms with Crippen molar-refractivity contribution in [2.24, 2.45) is 0 Å². The van der Waals surface area contributed by atoms with Gasteiger partial charge in [0.05, 0.1) is 13.5 Å². The van der Waals surface area contributed by atoms with Gasteiger partial charge >= 0.3 is 5.97 Å². The zero-order chi connectivity index (χ0) is 9.40. The summed E-state index contributed by atoms with van der Waals surface area (Å²) >= 11 is 0. The molecular formula is C10H16O2. The van der Waals surface area contributed by atoms with Gasteiger partial charge < -0.3 is 4.74 Å². The third-order valence-corrected chi connectivity index (χ3v) is 1.51. The third-order valence-electron chi connectivity index (χ3n) is 1.51. The Bertz CT molecular complexity index is 190. The molecule has 0 amide bonds. The van der Waals surface area contributed by atoms with Crippen LogP contribution < -0.4 is 0 Å².